The summed E-state index contributed by atoms with van der Waals surface area (Å²) >= 11 is 0. The molecular formula is C10H22O4SSi. The third-order valence-electron chi connectivity index (χ3n) is 2.73. The van der Waals surface area contributed by atoms with Crippen molar-refractivity contribution in [2.45, 2.75) is 44.5 Å². The molecule has 96 valence electrons. The summed E-state index contributed by atoms with van der Waals surface area (Å²) in [6, 6.07) is 0.888. The van der Waals surface area contributed by atoms with Gasteiger partial charge in [-0.1, -0.05) is 6.42 Å². The molecule has 0 aromatic heterocycles. The molecule has 1 aliphatic heterocycles. The first-order chi connectivity index (χ1) is 7.29. The largest absolute Gasteiger partial charge is 0.432 e. The van der Waals surface area contributed by atoms with Gasteiger partial charge in [0.2, 0.25) is 0 Å². The lowest BCUT2D eigenvalue weighted by Gasteiger charge is -2.14. The van der Waals surface area contributed by atoms with Gasteiger partial charge in [-0.2, -0.15) is 0 Å². The van der Waals surface area contributed by atoms with Crippen molar-refractivity contribution in [2.75, 3.05) is 18.1 Å². The molecule has 0 amide bonds. The van der Waals surface area contributed by atoms with Crippen molar-refractivity contribution < 1.29 is 18.0 Å². The maximum atomic E-state index is 11.2. The van der Waals surface area contributed by atoms with Crippen molar-refractivity contribution in [1.29, 1.82) is 0 Å². The molecule has 1 unspecified atom stereocenters. The second-order valence-corrected chi connectivity index (χ2v) is 11.5. The molecule has 1 aliphatic rings. The number of hydrogen-bond donors (Lipinski definition) is 1. The number of rotatable bonds is 6. The molecule has 0 radical (unpaired) electrons. The second-order valence-electron chi connectivity index (χ2n) is 5.17. The highest BCUT2D eigenvalue weighted by molar-refractivity contribution is 7.91. The molecule has 0 aromatic carbocycles. The van der Waals surface area contributed by atoms with Gasteiger partial charge >= 0.3 is 0 Å². The number of unbranched alkanes of at least 4 members (excludes halogenated alkanes) is 1. The van der Waals surface area contributed by atoms with Crippen molar-refractivity contribution in [3.63, 3.8) is 0 Å². The van der Waals surface area contributed by atoms with Gasteiger partial charge in [0.25, 0.3) is 0 Å². The summed E-state index contributed by atoms with van der Waals surface area (Å²) in [5.41, 5.74) is 0. The van der Waals surface area contributed by atoms with Gasteiger partial charge in [0.15, 0.2) is 18.2 Å². The number of hydrogen-bond acceptors (Lipinski definition) is 4. The molecule has 0 bridgehead atoms. The van der Waals surface area contributed by atoms with E-state index in [4.69, 9.17) is 4.74 Å². The van der Waals surface area contributed by atoms with E-state index in [1.54, 1.807) is 0 Å². The minimum Gasteiger partial charge on any atom is -0.432 e. The topological polar surface area (TPSA) is 63.6 Å². The first-order valence-corrected chi connectivity index (χ1v) is 10.8. The molecule has 0 aromatic rings. The maximum Gasteiger partial charge on any atom is 0.182 e. The fraction of sp³-hybridized carbons (Fsp3) is 1.00. The minimum absolute atomic E-state index is 0.0932. The van der Waals surface area contributed by atoms with Gasteiger partial charge in [-0.15, -0.1) is 0 Å². The quantitative estimate of drug-likeness (QED) is 0.579. The maximum absolute atomic E-state index is 11.2. The summed E-state index contributed by atoms with van der Waals surface area (Å²) in [4.78, 5) is 9.62. The molecule has 0 aliphatic carbocycles. The summed E-state index contributed by atoms with van der Waals surface area (Å²) in [6.07, 6.45) is 2.43. The highest BCUT2D eigenvalue weighted by Crippen LogP contribution is 2.16. The Hall–Kier alpha value is 0.0869. The summed E-state index contributed by atoms with van der Waals surface area (Å²) in [5, 5.41) is 0. The van der Waals surface area contributed by atoms with Gasteiger partial charge in [0.1, 0.15) is 0 Å². The predicted molar refractivity (Wildman–Crippen MR) is 66.8 cm³/mol. The molecule has 4 nitrogen and oxygen atoms in total. The lowest BCUT2D eigenvalue weighted by atomic mass is 10.3. The normalized spacial score (nSPS) is 24.8. The van der Waals surface area contributed by atoms with Crippen molar-refractivity contribution in [3.05, 3.63) is 0 Å². The molecule has 16 heavy (non-hydrogen) atoms. The van der Waals surface area contributed by atoms with Crippen LogP contribution in [0.5, 0.6) is 0 Å². The zero-order chi connectivity index (χ0) is 12.2. The molecule has 1 fully saturated rings. The van der Waals surface area contributed by atoms with E-state index < -0.39 is 18.2 Å². The van der Waals surface area contributed by atoms with Crippen LogP contribution in [0, 0.1) is 0 Å². The van der Waals surface area contributed by atoms with E-state index in [0.29, 0.717) is 13.0 Å². The first-order valence-electron chi connectivity index (χ1n) is 5.83. The van der Waals surface area contributed by atoms with E-state index in [-0.39, 0.29) is 17.6 Å². The summed E-state index contributed by atoms with van der Waals surface area (Å²) in [5.74, 6) is 0.460. The van der Waals surface area contributed by atoms with Crippen LogP contribution in [0.25, 0.3) is 0 Å². The minimum atomic E-state index is -2.82. The Kier molecular flexibility index (Phi) is 4.97. The number of sulfone groups is 1. The molecule has 1 rings (SSSR count). The lowest BCUT2D eigenvalue weighted by molar-refractivity contribution is 0.0688. The van der Waals surface area contributed by atoms with Crippen molar-refractivity contribution in [1.82, 2.24) is 0 Å². The summed E-state index contributed by atoms with van der Waals surface area (Å²) in [6.45, 7) is 4.47. The molecule has 0 saturated carbocycles. The van der Waals surface area contributed by atoms with Crippen LogP contribution in [-0.4, -0.2) is 45.7 Å². The Morgan fingerprint density at radius 3 is 2.56 bits per heavy atom. The monoisotopic (exact) mass is 266 g/mol. The van der Waals surface area contributed by atoms with Crippen LogP contribution >= 0.6 is 0 Å². The number of ether oxygens (including phenoxy) is 1. The Morgan fingerprint density at radius 2 is 2.06 bits per heavy atom. The third-order valence-corrected chi connectivity index (χ3v) is 6.04. The Morgan fingerprint density at radius 1 is 1.38 bits per heavy atom. The standard InChI is InChI=1S/C10H22O4SSi/c1-16(2,13)8-4-3-6-14-10-5-7-15(11,12)9-10/h10,13H,3-9H2,1-2H3. The Labute approximate surface area is 99.1 Å². The SMILES string of the molecule is C[Si](C)(O)CCCCOC1CCS(=O)(=O)C1. The fourth-order valence-electron chi connectivity index (χ4n) is 1.80. The molecular weight excluding hydrogens is 244 g/mol. The van der Waals surface area contributed by atoms with Gasteiger partial charge < -0.3 is 9.53 Å². The molecule has 1 atom stereocenters. The van der Waals surface area contributed by atoms with E-state index in [9.17, 15) is 13.2 Å². The molecule has 6 heteroatoms. The van der Waals surface area contributed by atoms with E-state index in [2.05, 4.69) is 0 Å². The highest BCUT2D eigenvalue weighted by atomic mass is 32.2. The van der Waals surface area contributed by atoms with E-state index in [1.807, 2.05) is 13.1 Å². The van der Waals surface area contributed by atoms with Gasteiger partial charge in [-0.05, 0) is 32.0 Å². The average molecular weight is 266 g/mol. The van der Waals surface area contributed by atoms with Crippen molar-refractivity contribution >= 4 is 18.2 Å². The highest BCUT2D eigenvalue weighted by Gasteiger charge is 2.28. The second kappa shape index (κ2) is 5.62. The van der Waals surface area contributed by atoms with Crippen LogP contribution in [0.15, 0.2) is 0 Å². The summed E-state index contributed by atoms with van der Waals surface area (Å²) < 4.78 is 27.8. The van der Waals surface area contributed by atoms with Crippen LogP contribution < -0.4 is 0 Å². The van der Waals surface area contributed by atoms with E-state index >= 15 is 0 Å². The molecule has 0 spiro atoms. The van der Waals surface area contributed by atoms with Crippen molar-refractivity contribution in [2.24, 2.45) is 0 Å². The predicted octanol–water partition coefficient (Wildman–Crippen LogP) is 1.17. The molecule has 1 saturated heterocycles. The van der Waals surface area contributed by atoms with Crippen molar-refractivity contribution in [3.8, 4) is 0 Å². The van der Waals surface area contributed by atoms with E-state index in [1.165, 1.54) is 0 Å². The van der Waals surface area contributed by atoms with E-state index in [0.717, 1.165) is 18.9 Å². The van der Waals surface area contributed by atoms with Gasteiger partial charge in [0, 0.05) is 6.61 Å². The zero-order valence-electron chi connectivity index (χ0n) is 10.1. The van der Waals surface area contributed by atoms with Gasteiger partial charge in [-0.25, -0.2) is 8.42 Å². The fourth-order valence-corrected chi connectivity index (χ4v) is 4.54. The first kappa shape index (κ1) is 14.1. The Bertz CT molecular complexity index is 307. The van der Waals surface area contributed by atoms with Crippen LogP contribution in [0.2, 0.25) is 19.1 Å². The van der Waals surface area contributed by atoms with Crippen LogP contribution in [-0.2, 0) is 14.6 Å². The lowest BCUT2D eigenvalue weighted by Crippen LogP contribution is -2.24. The zero-order valence-corrected chi connectivity index (χ0v) is 11.9. The van der Waals surface area contributed by atoms with Crippen LogP contribution in [0.4, 0.5) is 0 Å². The van der Waals surface area contributed by atoms with Crippen LogP contribution in [0.3, 0.4) is 0 Å². The molecule has 1 heterocycles. The summed E-state index contributed by atoms with van der Waals surface area (Å²) in [7, 11) is -4.73. The third kappa shape index (κ3) is 5.98. The smallest absolute Gasteiger partial charge is 0.182 e. The Balaban J connectivity index is 2.05. The van der Waals surface area contributed by atoms with Gasteiger partial charge in [0.05, 0.1) is 17.6 Å². The van der Waals surface area contributed by atoms with Crippen LogP contribution in [0.1, 0.15) is 19.3 Å². The average Bonchev–Trinajstić information content (AvgIpc) is 2.43. The van der Waals surface area contributed by atoms with Gasteiger partial charge in [-0.3, -0.25) is 0 Å². The molecule has 1 N–H and O–H groups in total.